The fourth-order valence-electron chi connectivity index (χ4n) is 1.41. The Balaban J connectivity index is 2.39. The second kappa shape index (κ2) is 7.09. The zero-order valence-corrected chi connectivity index (χ0v) is 11.7. The Morgan fingerprint density at radius 2 is 2.38 bits per heavy atom. The molecular weight excluding hydrogens is 238 g/mol. The number of likely N-dealkylation sites (N-methyl/N-ethyl adjacent to an activating group) is 1. The number of carbonyl (C=O) groups excluding carboxylic acids is 1. The molecule has 0 aromatic carbocycles. The van der Waals surface area contributed by atoms with E-state index in [1.165, 1.54) is 11.3 Å². The molecule has 16 heavy (non-hydrogen) atoms. The van der Waals surface area contributed by atoms with E-state index in [-0.39, 0.29) is 5.78 Å². The first kappa shape index (κ1) is 13.7. The van der Waals surface area contributed by atoms with Crippen LogP contribution in [0.3, 0.4) is 0 Å². The highest BCUT2D eigenvalue weighted by atomic mass is 32.2. The molecule has 1 aromatic rings. The highest BCUT2D eigenvalue weighted by Gasteiger charge is 2.14. The van der Waals surface area contributed by atoms with Crippen molar-refractivity contribution in [3.05, 3.63) is 22.4 Å². The summed E-state index contributed by atoms with van der Waals surface area (Å²) in [4.78, 5) is 14.9. The Morgan fingerprint density at radius 3 is 2.94 bits per heavy atom. The van der Waals surface area contributed by atoms with Crippen molar-refractivity contribution in [3.63, 3.8) is 0 Å². The topological polar surface area (TPSA) is 20.3 Å². The second-order valence-electron chi connectivity index (χ2n) is 3.95. The summed E-state index contributed by atoms with van der Waals surface area (Å²) < 4.78 is 0. The van der Waals surface area contributed by atoms with Crippen molar-refractivity contribution in [1.82, 2.24) is 4.90 Å². The van der Waals surface area contributed by atoms with Crippen LogP contribution in [0.5, 0.6) is 0 Å². The number of hydrogen-bond donors (Lipinski definition) is 0. The van der Waals surface area contributed by atoms with Gasteiger partial charge in [-0.2, -0.15) is 11.8 Å². The zero-order valence-electron chi connectivity index (χ0n) is 10.1. The van der Waals surface area contributed by atoms with E-state index in [9.17, 15) is 4.79 Å². The van der Waals surface area contributed by atoms with E-state index < -0.39 is 0 Å². The molecule has 1 heterocycles. The average molecular weight is 257 g/mol. The minimum atomic E-state index is 0.230. The molecule has 0 N–H and O–H groups in total. The van der Waals surface area contributed by atoms with Crippen LogP contribution >= 0.6 is 23.1 Å². The lowest BCUT2D eigenvalue weighted by Crippen LogP contribution is -2.34. The quantitative estimate of drug-likeness (QED) is 0.700. The van der Waals surface area contributed by atoms with Gasteiger partial charge in [-0.05, 0) is 43.8 Å². The van der Waals surface area contributed by atoms with Gasteiger partial charge < -0.3 is 0 Å². The van der Waals surface area contributed by atoms with Crippen molar-refractivity contribution in [3.8, 4) is 0 Å². The molecule has 0 bridgehead atoms. The van der Waals surface area contributed by atoms with Gasteiger partial charge in [0.25, 0.3) is 0 Å². The van der Waals surface area contributed by atoms with Gasteiger partial charge in [0.05, 0.1) is 11.4 Å². The van der Waals surface area contributed by atoms with Crippen LogP contribution in [0, 0.1) is 0 Å². The summed E-state index contributed by atoms with van der Waals surface area (Å²) in [6.07, 6.45) is 3.25. The second-order valence-corrected chi connectivity index (χ2v) is 5.88. The minimum absolute atomic E-state index is 0.230. The van der Waals surface area contributed by atoms with Gasteiger partial charge in [0.1, 0.15) is 0 Å². The number of ketones is 1. The van der Waals surface area contributed by atoms with Crippen molar-refractivity contribution in [2.24, 2.45) is 0 Å². The van der Waals surface area contributed by atoms with Gasteiger partial charge in [-0.15, -0.1) is 11.3 Å². The maximum Gasteiger partial charge on any atom is 0.186 e. The fraction of sp³-hybridized carbons (Fsp3) is 0.583. The summed E-state index contributed by atoms with van der Waals surface area (Å²) in [5, 5.41) is 1.95. The molecule has 0 aliphatic rings. The number of Topliss-reactive ketones (excluding diaryl/α,β-unsaturated/α-hetero) is 1. The van der Waals surface area contributed by atoms with Crippen LogP contribution in [0.1, 0.15) is 23.0 Å². The van der Waals surface area contributed by atoms with Crippen molar-refractivity contribution >= 4 is 28.9 Å². The molecule has 0 saturated heterocycles. The Hall–Kier alpha value is -0.320. The van der Waals surface area contributed by atoms with E-state index in [1.54, 1.807) is 0 Å². The molecule has 1 aromatic heterocycles. The Kier molecular flexibility index (Phi) is 6.09. The summed E-state index contributed by atoms with van der Waals surface area (Å²) in [6.45, 7) is 2.70. The number of carbonyl (C=O) groups is 1. The van der Waals surface area contributed by atoms with Gasteiger partial charge in [0, 0.05) is 6.04 Å². The first-order chi connectivity index (χ1) is 7.65. The minimum Gasteiger partial charge on any atom is -0.296 e. The molecule has 0 aliphatic carbocycles. The van der Waals surface area contributed by atoms with E-state index in [2.05, 4.69) is 18.1 Å². The summed E-state index contributed by atoms with van der Waals surface area (Å²) >= 11 is 3.38. The molecule has 1 rings (SSSR count). The molecule has 90 valence electrons. The van der Waals surface area contributed by atoms with Gasteiger partial charge in [0.15, 0.2) is 5.78 Å². The third-order valence-corrected chi connectivity index (χ3v) is 4.24. The zero-order chi connectivity index (χ0) is 12.0. The van der Waals surface area contributed by atoms with E-state index in [4.69, 9.17) is 0 Å². The normalized spacial score (nSPS) is 13.0. The third kappa shape index (κ3) is 4.28. The molecule has 1 unspecified atom stereocenters. The van der Waals surface area contributed by atoms with E-state index in [1.807, 2.05) is 36.3 Å². The Morgan fingerprint density at radius 1 is 1.62 bits per heavy atom. The summed E-state index contributed by atoms with van der Waals surface area (Å²) in [6, 6.07) is 4.29. The molecule has 0 radical (unpaired) electrons. The van der Waals surface area contributed by atoms with Crippen LogP contribution in [-0.4, -0.2) is 42.3 Å². The highest BCUT2D eigenvalue weighted by Crippen LogP contribution is 2.12. The van der Waals surface area contributed by atoms with Gasteiger partial charge in [0.2, 0.25) is 0 Å². The molecule has 0 amide bonds. The van der Waals surface area contributed by atoms with Crippen LogP contribution in [-0.2, 0) is 0 Å². The van der Waals surface area contributed by atoms with E-state index in [0.29, 0.717) is 12.6 Å². The lowest BCUT2D eigenvalue weighted by molar-refractivity contribution is 0.0928. The van der Waals surface area contributed by atoms with Gasteiger partial charge in [-0.1, -0.05) is 6.07 Å². The Labute approximate surface area is 106 Å². The molecule has 4 heteroatoms. The molecule has 0 fully saturated rings. The van der Waals surface area contributed by atoms with Gasteiger partial charge in [-0.25, -0.2) is 0 Å². The first-order valence-electron chi connectivity index (χ1n) is 5.41. The van der Waals surface area contributed by atoms with Crippen LogP contribution in [0.15, 0.2) is 17.5 Å². The van der Waals surface area contributed by atoms with Crippen molar-refractivity contribution in [2.75, 3.05) is 25.6 Å². The molecule has 0 aliphatic heterocycles. The Bertz CT molecular complexity index is 311. The SMILES string of the molecule is CSCCC(C)N(C)CC(=O)c1cccs1. The van der Waals surface area contributed by atoms with Crippen molar-refractivity contribution in [1.29, 1.82) is 0 Å². The maximum atomic E-state index is 11.9. The van der Waals surface area contributed by atoms with Crippen molar-refractivity contribution < 1.29 is 4.79 Å². The van der Waals surface area contributed by atoms with Crippen LogP contribution in [0.25, 0.3) is 0 Å². The fourth-order valence-corrected chi connectivity index (χ4v) is 2.64. The lowest BCUT2D eigenvalue weighted by Gasteiger charge is -2.23. The molecular formula is C12H19NOS2. The highest BCUT2D eigenvalue weighted by molar-refractivity contribution is 7.98. The average Bonchev–Trinajstić information content (AvgIpc) is 2.79. The van der Waals surface area contributed by atoms with Crippen molar-refractivity contribution in [2.45, 2.75) is 19.4 Å². The number of thiophene rings is 1. The lowest BCUT2D eigenvalue weighted by atomic mass is 10.2. The molecule has 2 nitrogen and oxygen atoms in total. The van der Waals surface area contributed by atoms with Crippen LogP contribution in [0.2, 0.25) is 0 Å². The summed E-state index contributed by atoms with van der Waals surface area (Å²) in [5.41, 5.74) is 0. The maximum absolute atomic E-state index is 11.9. The van der Waals surface area contributed by atoms with E-state index >= 15 is 0 Å². The molecule has 1 atom stereocenters. The summed E-state index contributed by atoms with van der Waals surface area (Å²) in [5.74, 6) is 1.38. The summed E-state index contributed by atoms with van der Waals surface area (Å²) in [7, 11) is 2.02. The predicted molar refractivity (Wildman–Crippen MR) is 73.7 cm³/mol. The van der Waals surface area contributed by atoms with E-state index in [0.717, 1.165) is 17.1 Å². The number of nitrogens with zero attached hydrogens (tertiary/aromatic N) is 1. The third-order valence-electron chi connectivity index (χ3n) is 2.68. The number of hydrogen-bond acceptors (Lipinski definition) is 4. The van der Waals surface area contributed by atoms with Crippen LogP contribution in [0.4, 0.5) is 0 Å². The van der Waals surface area contributed by atoms with Gasteiger partial charge in [-0.3, -0.25) is 9.69 Å². The molecule has 0 saturated carbocycles. The number of rotatable bonds is 7. The largest absolute Gasteiger partial charge is 0.296 e. The number of thioether (sulfide) groups is 1. The van der Waals surface area contributed by atoms with Gasteiger partial charge >= 0.3 is 0 Å². The first-order valence-corrected chi connectivity index (χ1v) is 7.68. The van der Waals surface area contributed by atoms with Crippen LogP contribution < -0.4 is 0 Å². The standard InChI is InChI=1S/C12H19NOS2/c1-10(6-8-15-3)13(2)9-11(14)12-5-4-7-16-12/h4-5,7,10H,6,8-9H2,1-3H3. The smallest absolute Gasteiger partial charge is 0.186 e. The predicted octanol–water partition coefficient (Wildman–Crippen LogP) is 3.00. The molecule has 0 spiro atoms. The monoisotopic (exact) mass is 257 g/mol.